The van der Waals surface area contributed by atoms with Crippen LogP contribution < -0.4 is 5.30 Å². The number of hydrogen-bond donors (Lipinski definition) is 3. The van der Waals surface area contributed by atoms with Gasteiger partial charge in [-0.2, -0.15) is 0 Å². The first-order chi connectivity index (χ1) is 12.6. The van der Waals surface area contributed by atoms with Gasteiger partial charge in [0, 0.05) is 5.30 Å². The lowest BCUT2D eigenvalue weighted by Crippen LogP contribution is -1.95. The Kier molecular flexibility index (Phi) is 15.0. The third-order valence-corrected chi connectivity index (χ3v) is 4.67. The molecule has 5 heteroatoms. The van der Waals surface area contributed by atoms with Gasteiger partial charge in [-0.25, -0.2) is 0 Å². The van der Waals surface area contributed by atoms with Crippen molar-refractivity contribution >= 4 is 30.9 Å². The molecule has 1 unspecified atom stereocenters. The molecule has 0 aromatic heterocycles. The van der Waals surface area contributed by atoms with Crippen LogP contribution in [-0.4, -0.2) is 21.5 Å². The first-order valence-electron chi connectivity index (χ1n) is 8.63. The number of unbranched alkanes of at least 4 members (excludes halogenated alkanes) is 1. The highest BCUT2D eigenvalue weighted by Gasteiger charge is 1.97. The molecule has 3 rings (SSSR count). The molecule has 0 amide bonds. The van der Waals surface area contributed by atoms with Crippen LogP contribution >= 0.6 is 25.6 Å². The van der Waals surface area contributed by atoms with Crippen LogP contribution in [0.3, 0.4) is 0 Å². The summed E-state index contributed by atoms with van der Waals surface area (Å²) in [6.45, 7) is 2.19. The van der Waals surface area contributed by atoms with Crippen molar-refractivity contribution in [3.8, 4) is 17.2 Å². The zero-order valence-electron chi connectivity index (χ0n) is 15.5. The monoisotopic (exact) mass is 450 g/mol. The molecule has 0 radical (unpaired) electrons. The fourth-order valence-electron chi connectivity index (χ4n) is 1.88. The molecule has 146 valence electrons. The highest BCUT2D eigenvalue weighted by Crippen LogP contribution is 2.18. The van der Waals surface area contributed by atoms with Gasteiger partial charge >= 0.3 is 0 Å². The SMILES string of the molecule is Br.CCCCPc1ccccc1O.Oc1ccccc1.Oc1ccccc1. The minimum Gasteiger partial charge on any atom is -0.508 e. The molecule has 3 N–H and O–H groups in total. The number of benzene rings is 3. The van der Waals surface area contributed by atoms with E-state index in [2.05, 4.69) is 6.92 Å². The molecular weight excluding hydrogens is 423 g/mol. The largest absolute Gasteiger partial charge is 0.508 e. The maximum absolute atomic E-state index is 9.42. The molecule has 1 atom stereocenters. The van der Waals surface area contributed by atoms with Gasteiger partial charge in [0.05, 0.1) is 0 Å². The number of para-hydroxylation sites is 3. The predicted octanol–water partition coefficient (Wildman–Crippen LogP) is 5.86. The van der Waals surface area contributed by atoms with E-state index in [0.29, 0.717) is 17.2 Å². The average molecular weight is 451 g/mol. The van der Waals surface area contributed by atoms with Crippen LogP contribution in [0.4, 0.5) is 0 Å². The van der Waals surface area contributed by atoms with E-state index in [9.17, 15) is 5.11 Å². The minimum absolute atomic E-state index is 0. The number of rotatable bonds is 4. The van der Waals surface area contributed by atoms with Crippen LogP contribution in [0.1, 0.15) is 19.8 Å². The van der Waals surface area contributed by atoms with Gasteiger partial charge in [0.2, 0.25) is 0 Å². The minimum atomic E-state index is 0. The van der Waals surface area contributed by atoms with E-state index in [0.717, 1.165) is 13.9 Å². The van der Waals surface area contributed by atoms with Gasteiger partial charge < -0.3 is 15.3 Å². The molecular formula is C22H28BrO3P. The van der Waals surface area contributed by atoms with Crippen LogP contribution in [0.15, 0.2) is 84.9 Å². The van der Waals surface area contributed by atoms with E-state index < -0.39 is 0 Å². The van der Waals surface area contributed by atoms with Crippen LogP contribution in [0.5, 0.6) is 17.2 Å². The van der Waals surface area contributed by atoms with Crippen LogP contribution in [0.25, 0.3) is 0 Å². The maximum Gasteiger partial charge on any atom is 0.122 e. The van der Waals surface area contributed by atoms with Gasteiger partial charge in [-0.1, -0.05) is 76.5 Å². The van der Waals surface area contributed by atoms with Crippen LogP contribution in [0.2, 0.25) is 0 Å². The van der Waals surface area contributed by atoms with Gasteiger partial charge in [0.15, 0.2) is 0 Å². The third kappa shape index (κ3) is 12.9. The Morgan fingerprint density at radius 2 is 1.11 bits per heavy atom. The smallest absolute Gasteiger partial charge is 0.122 e. The van der Waals surface area contributed by atoms with Crippen molar-refractivity contribution in [2.24, 2.45) is 0 Å². The molecule has 0 spiro atoms. The molecule has 0 saturated carbocycles. The summed E-state index contributed by atoms with van der Waals surface area (Å²) in [7, 11) is 0.760. The summed E-state index contributed by atoms with van der Waals surface area (Å²) in [5, 5.41) is 27.8. The summed E-state index contributed by atoms with van der Waals surface area (Å²) in [6, 6.07) is 25.0. The van der Waals surface area contributed by atoms with Crippen molar-refractivity contribution in [1.29, 1.82) is 0 Å². The lowest BCUT2D eigenvalue weighted by atomic mass is 10.3. The van der Waals surface area contributed by atoms with Crippen LogP contribution in [0, 0.1) is 0 Å². The van der Waals surface area contributed by atoms with Crippen molar-refractivity contribution in [1.82, 2.24) is 0 Å². The third-order valence-electron chi connectivity index (χ3n) is 3.26. The number of hydrogen-bond acceptors (Lipinski definition) is 3. The second kappa shape index (κ2) is 16.2. The van der Waals surface area contributed by atoms with E-state index in [4.69, 9.17) is 10.2 Å². The topological polar surface area (TPSA) is 60.7 Å². The average Bonchev–Trinajstić information content (AvgIpc) is 2.66. The van der Waals surface area contributed by atoms with E-state index in [1.165, 1.54) is 19.0 Å². The van der Waals surface area contributed by atoms with Crippen molar-refractivity contribution < 1.29 is 15.3 Å². The highest BCUT2D eigenvalue weighted by atomic mass is 79.9. The van der Waals surface area contributed by atoms with E-state index in [1.54, 1.807) is 54.6 Å². The highest BCUT2D eigenvalue weighted by molar-refractivity contribution is 8.93. The molecule has 0 fully saturated rings. The Morgan fingerprint density at radius 1 is 0.667 bits per heavy atom. The first kappa shape index (κ1) is 25.0. The molecule has 3 aromatic carbocycles. The summed E-state index contributed by atoms with van der Waals surface area (Å²) in [4.78, 5) is 0. The van der Waals surface area contributed by atoms with Crippen molar-refractivity contribution in [2.45, 2.75) is 19.8 Å². The predicted molar refractivity (Wildman–Crippen MR) is 122 cm³/mol. The van der Waals surface area contributed by atoms with Gasteiger partial charge in [-0.3, -0.25) is 0 Å². The zero-order valence-corrected chi connectivity index (χ0v) is 18.2. The fraction of sp³-hybridized carbons (Fsp3) is 0.182. The van der Waals surface area contributed by atoms with E-state index in [-0.39, 0.29) is 17.0 Å². The summed E-state index contributed by atoms with van der Waals surface area (Å²) < 4.78 is 0. The molecule has 0 aliphatic carbocycles. The van der Waals surface area contributed by atoms with Gasteiger partial charge in [0.25, 0.3) is 0 Å². The molecule has 0 aliphatic rings. The summed E-state index contributed by atoms with van der Waals surface area (Å²) in [6.07, 6.45) is 3.70. The molecule has 0 saturated heterocycles. The standard InChI is InChI=1S/C10H15OP.2C6H6O.BrH/c1-2-3-8-12-10-7-5-4-6-9(10)11;2*7-6-4-2-1-3-5-6;/h4-7,11-12H,2-3,8H2,1H3;2*1-5,7H;1H. The molecule has 0 heterocycles. The van der Waals surface area contributed by atoms with Crippen molar-refractivity contribution in [3.05, 3.63) is 84.9 Å². The summed E-state index contributed by atoms with van der Waals surface area (Å²) >= 11 is 0. The second-order valence-electron chi connectivity index (χ2n) is 5.47. The summed E-state index contributed by atoms with van der Waals surface area (Å²) in [5.41, 5.74) is 0. The Hall–Kier alpha value is -2.03. The molecule has 27 heavy (non-hydrogen) atoms. The quantitative estimate of drug-likeness (QED) is 0.344. The Labute approximate surface area is 174 Å². The lowest BCUT2D eigenvalue weighted by molar-refractivity contribution is 0.475. The van der Waals surface area contributed by atoms with Gasteiger partial charge in [-0.05, 0) is 42.9 Å². The first-order valence-corrected chi connectivity index (χ1v) is 9.84. The number of halogens is 1. The molecule has 3 nitrogen and oxygen atoms in total. The normalized spacial score (nSPS) is 9.37. The molecule has 3 aromatic rings. The zero-order chi connectivity index (χ0) is 19.0. The van der Waals surface area contributed by atoms with Gasteiger partial charge in [-0.15, -0.1) is 17.0 Å². The van der Waals surface area contributed by atoms with Crippen LogP contribution in [-0.2, 0) is 0 Å². The summed E-state index contributed by atoms with van der Waals surface area (Å²) in [5.74, 6) is 1.09. The van der Waals surface area contributed by atoms with Crippen molar-refractivity contribution in [3.63, 3.8) is 0 Å². The van der Waals surface area contributed by atoms with E-state index in [1.807, 2.05) is 30.3 Å². The Bertz CT molecular complexity index is 672. The maximum atomic E-state index is 9.42. The van der Waals surface area contributed by atoms with Gasteiger partial charge in [0.1, 0.15) is 17.2 Å². The lowest BCUT2D eigenvalue weighted by Gasteiger charge is -2.02. The Balaban J connectivity index is 0.000000390. The molecule has 0 aliphatic heterocycles. The fourth-order valence-corrected chi connectivity index (χ4v) is 3.16. The Morgan fingerprint density at radius 3 is 1.48 bits per heavy atom. The van der Waals surface area contributed by atoms with E-state index >= 15 is 0 Å². The number of phenols is 3. The number of phenolic OH excluding ortho intramolecular Hbond substituents is 3. The van der Waals surface area contributed by atoms with Crippen molar-refractivity contribution in [2.75, 3.05) is 6.16 Å². The second-order valence-corrected chi connectivity index (χ2v) is 6.86. The molecule has 0 bridgehead atoms. The number of aromatic hydroxyl groups is 3.